The van der Waals surface area contributed by atoms with E-state index in [1.807, 2.05) is 13.8 Å². The van der Waals surface area contributed by atoms with Crippen LogP contribution in [0, 0.1) is 5.82 Å². The molecule has 0 aliphatic heterocycles. The highest BCUT2D eigenvalue weighted by atomic mass is 79.9. The molecule has 1 aromatic rings. The summed E-state index contributed by atoms with van der Waals surface area (Å²) < 4.78 is 12.9. The van der Waals surface area contributed by atoms with E-state index >= 15 is 0 Å². The first-order valence-corrected chi connectivity index (χ1v) is 7.31. The molecule has 0 radical (unpaired) electrons. The summed E-state index contributed by atoms with van der Waals surface area (Å²) in [6.07, 6.45) is 1.61. The number of rotatable bonds is 5. The molecular weight excluding hydrogens is 321 g/mol. The zero-order valence-electron chi connectivity index (χ0n) is 10.4. The van der Waals surface area contributed by atoms with E-state index in [0.29, 0.717) is 10.9 Å². The molecule has 1 aromatic carbocycles. The predicted octanol–water partition coefficient (Wildman–Crippen LogP) is 4.16. The highest BCUT2D eigenvalue weighted by Gasteiger charge is 2.27. The molecular formula is C13H16BrClFNO. The fourth-order valence-corrected chi connectivity index (χ4v) is 2.82. The molecule has 0 aliphatic rings. The molecule has 0 aromatic heterocycles. The minimum atomic E-state index is -0.450. The number of hydrogen-bond acceptors (Lipinski definition) is 1. The van der Waals surface area contributed by atoms with Crippen LogP contribution in [0.25, 0.3) is 0 Å². The maximum Gasteiger partial charge on any atom is 0.253 e. The van der Waals surface area contributed by atoms with E-state index in [2.05, 4.69) is 21.2 Å². The Bertz CT molecular complexity index is 427. The molecule has 2 nitrogen and oxygen atoms in total. The van der Waals surface area contributed by atoms with Gasteiger partial charge >= 0.3 is 0 Å². The van der Waals surface area contributed by atoms with Crippen molar-refractivity contribution in [2.24, 2.45) is 0 Å². The van der Waals surface area contributed by atoms with Gasteiger partial charge in [0.05, 0.1) is 10.6 Å². The molecule has 100 valence electrons. The van der Waals surface area contributed by atoms with Gasteiger partial charge in [-0.3, -0.25) is 4.79 Å². The molecule has 0 saturated carbocycles. The third-order valence-corrected chi connectivity index (χ3v) is 4.55. The summed E-state index contributed by atoms with van der Waals surface area (Å²) in [6, 6.07) is 3.77. The van der Waals surface area contributed by atoms with E-state index < -0.39 is 5.82 Å². The Morgan fingerprint density at radius 2 is 2.06 bits per heavy atom. The lowest BCUT2D eigenvalue weighted by Gasteiger charge is -2.31. The quantitative estimate of drug-likeness (QED) is 0.804. The van der Waals surface area contributed by atoms with Crippen molar-refractivity contribution in [2.45, 2.75) is 32.2 Å². The lowest BCUT2D eigenvalue weighted by atomic mass is 9.95. The molecule has 0 atom stereocenters. The Morgan fingerprint density at radius 3 is 2.50 bits per heavy atom. The monoisotopic (exact) mass is 335 g/mol. The van der Waals surface area contributed by atoms with Gasteiger partial charge in [0, 0.05) is 10.9 Å². The first-order chi connectivity index (χ1) is 8.48. The number of carbonyl (C=O) groups is 1. The van der Waals surface area contributed by atoms with E-state index in [-0.39, 0.29) is 16.5 Å². The molecule has 5 heteroatoms. The maximum absolute atomic E-state index is 12.9. The van der Waals surface area contributed by atoms with Gasteiger partial charge in [-0.05, 0) is 31.0 Å². The van der Waals surface area contributed by atoms with Gasteiger partial charge < -0.3 is 5.32 Å². The van der Waals surface area contributed by atoms with Crippen LogP contribution in [-0.2, 0) is 0 Å². The summed E-state index contributed by atoms with van der Waals surface area (Å²) in [4.78, 5) is 12.1. The van der Waals surface area contributed by atoms with Gasteiger partial charge in [-0.2, -0.15) is 0 Å². The zero-order valence-corrected chi connectivity index (χ0v) is 12.7. The van der Waals surface area contributed by atoms with E-state index in [9.17, 15) is 9.18 Å². The summed E-state index contributed by atoms with van der Waals surface area (Å²) >= 11 is 9.29. The van der Waals surface area contributed by atoms with Gasteiger partial charge in [0.2, 0.25) is 0 Å². The average Bonchev–Trinajstić information content (AvgIpc) is 2.36. The number of halogens is 3. The van der Waals surface area contributed by atoms with Crippen LogP contribution >= 0.6 is 27.5 Å². The largest absolute Gasteiger partial charge is 0.346 e. The minimum Gasteiger partial charge on any atom is -0.346 e. The summed E-state index contributed by atoms with van der Waals surface area (Å²) in [6.45, 7) is 4.02. The van der Waals surface area contributed by atoms with Crippen molar-refractivity contribution in [3.8, 4) is 0 Å². The van der Waals surface area contributed by atoms with E-state index in [1.165, 1.54) is 12.1 Å². The topological polar surface area (TPSA) is 29.1 Å². The van der Waals surface area contributed by atoms with Gasteiger partial charge in [-0.15, -0.1) is 0 Å². The second kappa shape index (κ2) is 6.53. The van der Waals surface area contributed by atoms with E-state index in [4.69, 9.17) is 11.6 Å². The van der Waals surface area contributed by atoms with Crippen LogP contribution in [0.5, 0.6) is 0 Å². The molecule has 0 heterocycles. The highest BCUT2D eigenvalue weighted by molar-refractivity contribution is 9.09. The molecule has 0 bridgehead atoms. The molecule has 0 fully saturated rings. The van der Waals surface area contributed by atoms with Crippen LogP contribution in [0.2, 0.25) is 5.02 Å². The standard InChI is InChI=1S/C13H16BrClFNO/c1-3-13(4-2,8-14)17-12(18)10-6-5-9(16)7-11(10)15/h5-7H,3-4,8H2,1-2H3,(H,17,18). The summed E-state index contributed by atoms with van der Waals surface area (Å²) in [5.74, 6) is -0.725. The third-order valence-electron chi connectivity index (χ3n) is 3.16. The van der Waals surface area contributed by atoms with Crippen molar-refractivity contribution < 1.29 is 9.18 Å². The van der Waals surface area contributed by atoms with Crippen molar-refractivity contribution in [3.05, 3.63) is 34.6 Å². The van der Waals surface area contributed by atoms with Crippen LogP contribution < -0.4 is 5.32 Å². The molecule has 0 aliphatic carbocycles. The Kier molecular flexibility index (Phi) is 5.60. The number of hydrogen-bond donors (Lipinski definition) is 1. The van der Waals surface area contributed by atoms with Crippen molar-refractivity contribution in [3.63, 3.8) is 0 Å². The van der Waals surface area contributed by atoms with Gasteiger partial charge in [0.15, 0.2) is 0 Å². The smallest absolute Gasteiger partial charge is 0.253 e. The third kappa shape index (κ3) is 3.45. The highest BCUT2D eigenvalue weighted by Crippen LogP contribution is 2.22. The molecule has 0 saturated heterocycles. The maximum atomic E-state index is 12.9. The number of benzene rings is 1. The molecule has 18 heavy (non-hydrogen) atoms. The summed E-state index contributed by atoms with van der Waals surface area (Å²) in [7, 11) is 0. The summed E-state index contributed by atoms with van der Waals surface area (Å²) in [5.41, 5.74) is -0.000261. The molecule has 1 rings (SSSR count). The zero-order chi connectivity index (χ0) is 13.8. The number of nitrogens with one attached hydrogen (secondary N) is 1. The molecule has 0 unspecified atom stereocenters. The number of alkyl halides is 1. The Labute approximate surface area is 120 Å². The fourth-order valence-electron chi connectivity index (χ4n) is 1.63. The number of amides is 1. The average molecular weight is 337 g/mol. The Hall–Kier alpha value is -0.610. The first-order valence-electron chi connectivity index (χ1n) is 5.81. The van der Waals surface area contributed by atoms with E-state index in [1.54, 1.807) is 0 Å². The molecule has 1 N–H and O–H groups in total. The van der Waals surface area contributed by atoms with Crippen LogP contribution in [-0.4, -0.2) is 16.8 Å². The van der Waals surface area contributed by atoms with Gasteiger partial charge in [-0.25, -0.2) is 4.39 Å². The normalized spacial score (nSPS) is 11.4. The van der Waals surface area contributed by atoms with Crippen molar-refractivity contribution in [2.75, 3.05) is 5.33 Å². The van der Waals surface area contributed by atoms with Gasteiger partial charge in [-0.1, -0.05) is 41.4 Å². The van der Waals surface area contributed by atoms with Crippen molar-refractivity contribution in [1.82, 2.24) is 5.32 Å². The van der Waals surface area contributed by atoms with Crippen LogP contribution in [0.4, 0.5) is 4.39 Å². The van der Waals surface area contributed by atoms with Crippen molar-refractivity contribution in [1.29, 1.82) is 0 Å². The fraction of sp³-hybridized carbons (Fsp3) is 0.462. The van der Waals surface area contributed by atoms with Crippen LogP contribution in [0.15, 0.2) is 18.2 Å². The number of carbonyl (C=O) groups excluding carboxylic acids is 1. The Morgan fingerprint density at radius 1 is 1.44 bits per heavy atom. The lowest BCUT2D eigenvalue weighted by Crippen LogP contribution is -2.49. The second-order valence-corrected chi connectivity index (χ2v) is 5.17. The van der Waals surface area contributed by atoms with Gasteiger partial charge in [0.1, 0.15) is 5.82 Å². The molecule has 0 spiro atoms. The summed E-state index contributed by atoms with van der Waals surface area (Å²) in [5, 5.41) is 3.76. The van der Waals surface area contributed by atoms with Gasteiger partial charge in [0.25, 0.3) is 5.91 Å². The minimum absolute atomic E-state index is 0.128. The van der Waals surface area contributed by atoms with Crippen LogP contribution in [0.1, 0.15) is 37.0 Å². The Balaban J connectivity index is 2.94. The van der Waals surface area contributed by atoms with Crippen molar-refractivity contribution >= 4 is 33.4 Å². The molecule has 1 amide bonds. The predicted molar refractivity (Wildman–Crippen MR) is 76.0 cm³/mol. The SMILES string of the molecule is CCC(CC)(CBr)NC(=O)c1ccc(F)cc1Cl. The first kappa shape index (κ1) is 15.4. The van der Waals surface area contributed by atoms with Crippen LogP contribution in [0.3, 0.4) is 0 Å². The van der Waals surface area contributed by atoms with E-state index in [0.717, 1.165) is 18.9 Å². The second-order valence-electron chi connectivity index (χ2n) is 4.20. The lowest BCUT2D eigenvalue weighted by molar-refractivity contribution is 0.0904.